The molecule has 2 aromatic carbocycles. The molecule has 5 nitrogen and oxygen atoms in total. The minimum Gasteiger partial charge on any atom is -0.385 e. The van der Waals surface area contributed by atoms with E-state index >= 15 is 0 Å². The molecule has 0 unspecified atom stereocenters. The first-order chi connectivity index (χ1) is 16.8. The van der Waals surface area contributed by atoms with E-state index in [9.17, 15) is 14.0 Å². The van der Waals surface area contributed by atoms with E-state index in [-0.39, 0.29) is 29.2 Å². The molecule has 0 N–H and O–H groups in total. The number of carbonyl (C=O) groups excluding carboxylic acids is 2. The Morgan fingerprint density at radius 1 is 1.00 bits per heavy atom. The first kappa shape index (κ1) is 27.1. The van der Waals surface area contributed by atoms with Gasteiger partial charge in [-0.1, -0.05) is 35.3 Å². The number of hydrogen-bond acceptors (Lipinski definition) is 4. The lowest BCUT2D eigenvalue weighted by molar-refractivity contribution is -0.133. The van der Waals surface area contributed by atoms with Gasteiger partial charge in [0.2, 0.25) is 5.91 Å². The van der Waals surface area contributed by atoms with Gasteiger partial charge in [0.25, 0.3) is 5.91 Å². The number of benzene rings is 2. The Labute approximate surface area is 219 Å². The molecule has 35 heavy (non-hydrogen) atoms. The lowest BCUT2D eigenvalue weighted by Crippen LogP contribution is -2.43. The third-order valence-corrected chi connectivity index (χ3v) is 7.25. The van der Waals surface area contributed by atoms with Gasteiger partial charge in [0.05, 0.1) is 16.6 Å². The van der Waals surface area contributed by atoms with Crippen LogP contribution in [0.5, 0.6) is 0 Å². The summed E-state index contributed by atoms with van der Waals surface area (Å²) in [4.78, 5) is 31.1. The topological polar surface area (TPSA) is 49.9 Å². The van der Waals surface area contributed by atoms with Crippen molar-refractivity contribution < 1.29 is 18.7 Å². The van der Waals surface area contributed by atoms with Crippen LogP contribution in [0.25, 0.3) is 0 Å². The number of nitrogens with zero attached hydrogens (tertiary/aromatic N) is 2. The molecule has 0 saturated heterocycles. The van der Waals surface area contributed by atoms with Gasteiger partial charge in [-0.3, -0.25) is 9.59 Å². The van der Waals surface area contributed by atoms with Crippen LogP contribution >= 0.6 is 34.5 Å². The van der Waals surface area contributed by atoms with Gasteiger partial charge in [0.1, 0.15) is 12.4 Å². The van der Waals surface area contributed by atoms with Crippen molar-refractivity contribution in [3.05, 3.63) is 91.3 Å². The molecule has 0 aliphatic heterocycles. The molecule has 0 aliphatic rings. The molecule has 3 aromatic rings. The molecule has 3 rings (SSSR count). The van der Waals surface area contributed by atoms with E-state index in [4.69, 9.17) is 27.9 Å². The van der Waals surface area contributed by atoms with Crippen molar-refractivity contribution in [1.29, 1.82) is 0 Å². The zero-order valence-electron chi connectivity index (χ0n) is 19.6. The van der Waals surface area contributed by atoms with Crippen LogP contribution in [-0.4, -0.2) is 48.4 Å². The second-order valence-corrected chi connectivity index (χ2v) is 9.92. The maximum Gasteiger partial charge on any atom is 0.254 e. The van der Waals surface area contributed by atoms with E-state index in [1.165, 1.54) is 23.1 Å². The molecule has 1 aromatic heterocycles. The van der Waals surface area contributed by atoms with Crippen molar-refractivity contribution in [2.75, 3.05) is 26.8 Å². The Hall–Kier alpha value is -2.45. The van der Waals surface area contributed by atoms with Crippen molar-refractivity contribution in [1.82, 2.24) is 9.80 Å². The summed E-state index contributed by atoms with van der Waals surface area (Å²) in [5.74, 6) is -0.868. The van der Waals surface area contributed by atoms with Gasteiger partial charge in [-0.25, -0.2) is 4.39 Å². The Morgan fingerprint density at radius 2 is 1.74 bits per heavy atom. The van der Waals surface area contributed by atoms with Crippen molar-refractivity contribution in [3.63, 3.8) is 0 Å². The third-order valence-electron chi connectivity index (χ3n) is 5.50. The van der Waals surface area contributed by atoms with Crippen LogP contribution in [-0.2, 0) is 22.6 Å². The first-order valence-electron chi connectivity index (χ1n) is 11.1. The summed E-state index contributed by atoms with van der Waals surface area (Å²) in [6, 6.07) is 12.7. The monoisotopic (exact) mass is 536 g/mol. The predicted octanol–water partition coefficient (Wildman–Crippen LogP) is 6.21. The van der Waals surface area contributed by atoms with E-state index in [0.717, 1.165) is 16.0 Å². The number of rotatable bonds is 11. The fraction of sp³-hybridized carbons (Fsp3) is 0.308. The summed E-state index contributed by atoms with van der Waals surface area (Å²) in [6.07, 6.45) is 0.568. The molecule has 0 radical (unpaired) electrons. The molecular formula is C26H27Cl2FN2O3S. The van der Waals surface area contributed by atoms with Gasteiger partial charge in [0, 0.05) is 37.2 Å². The molecule has 9 heteroatoms. The Kier molecular flexibility index (Phi) is 10.1. The van der Waals surface area contributed by atoms with Crippen LogP contribution in [0.2, 0.25) is 10.0 Å². The Morgan fingerprint density at radius 3 is 2.37 bits per heavy atom. The number of carbonyl (C=O) groups is 2. The quantitative estimate of drug-likeness (QED) is 0.273. The van der Waals surface area contributed by atoms with Gasteiger partial charge in [0.15, 0.2) is 0 Å². The fourth-order valence-corrected chi connectivity index (χ4v) is 4.73. The molecule has 0 aliphatic carbocycles. The summed E-state index contributed by atoms with van der Waals surface area (Å²) in [7, 11) is 1.59. The standard InChI is InChI=1S/C26H27Cl2FN2O3S/c1-18-10-13-35-24(18)16-31(15-19-4-7-21(29)8-5-19)25(32)17-30(11-3-12-34-2)26(33)20-6-9-22(27)23(28)14-20/h4-10,13-14H,3,11-12,15-17H2,1-2H3. The second kappa shape index (κ2) is 13.0. The maximum atomic E-state index is 13.5. The summed E-state index contributed by atoms with van der Waals surface area (Å²) < 4.78 is 18.5. The van der Waals surface area contributed by atoms with Crippen molar-refractivity contribution in [2.45, 2.75) is 26.4 Å². The SMILES string of the molecule is COCCCN(CC(=O)N(Cc1ccc(F)cc1)Cc1sccc1C)C(=O)c1ccc(Cl)c(Cl)c1. The van der Waals surface area contributed by atoms with E-state index in [0.29, 0.717) is 43.2 Å². The maximum absolute atomic E-state index is 13.5. The van der Waals surface area contributed by atoms with Crippen molar-refractivity contribution >= 4 is 46.4 Å². The Balaban J connectivity index is 1.83. The fourth-order valence-electron chi connectivity index (χ4n) is 3.51. The predicted molar refractivity (Wildman–Crippen MR) is 139 cm³/mol. The van der Waals surface area contributed by atoms with Crippen LogP contribution in [0, 0.1) is 12.7 Å². The zero-order chi connectivity index (χ0) is 25.4. The first-order valence-corrected chi connectivity index (χ1v) is 12.7. The van der Waals surface area contributed by atoms with Crippen LogP contribution in [0.1, 0.15) is 32.8 Å². The number of methoxy groups -OCH3 is 1. The van der Waals surface area contributed by atoms with Crippen molar-refractivity contribution in [2.24, 2.45) is 0 Å². The summed E-state index contributed by atoms with van der Waals surface area (Å²) in [5, 5.41) is 2.60. The lowest BCUT2D eigenvalue weighted by Gasteiger charge is -2.28. The van der Waals surface area contributed by atoms with Crippen LogP contribution in [0.3, 0.4) is 0 Å². The number of thiophene rings is 1. The molecule has 0 saturated carbocycles. The average Bonchev–Trinajstić information content (AvgIpc) is 3.25. The zero-order valence-corrected chi connectivity index (χ0v) is 21.9. The average molecular weight is 537 g/mol. The molecule has 1 heterocycles. The summed E-state index contributed by atoms with van der Waals surface area (Å²) in [6.45, 7) is 3.36. The molecule has 0 spiro atoms. The summed E-state index contributed by atoms with van der Waals surface area (Å²) >= 11 is 13.7. The largest absolute Gasteiger partial charge is 0.385 e. The van der Waals surface area contributed by atoms with E-state index < -0.39 is 0 Å². The third kappa shape index (κ3) is 7.77. The van der Waals surface area contributed by atoms with E-state index in [2.05, 4.69) is 0 Å². The number of ether oxygens (including phenoxy) is 1. The number of halogens is 3. The molecule has 0 atom stereocenters. The van der Waals surface area contributed by atoms with Gasteiger partial charge < -0.3 is 14.5 Å². The highest BCUT2D eigenvalue weighted by atomic mass is 35.5. The number of aryl methyl sites for hydroxylation is 1. The second-order valence-electron chi connectivity index (χ2n) is 8.11. The molecule has 2 amide bonds. The highest BCUT2D eigenvalue weighted by Crippen LogP contribution is 2.24. The Bertz CT molecular complexity index is 1150. The smallest absolute Gasteiger partial charge is 0.254 e. The highest BCUT2D eigenvalue weighted by molar-refractivity contribution is 7.10. The van der Waals surface area contributed by atoms with Crippen molar-refractivity contribution in [3.8, 4) is 0 Å². The minimum atomic E-state index is -0.336. The number of amides is 2. The van der Waals surface area contributed by atoms with Gasteiger partial charge in [-0.2, -0.15) is 0 Å². The normalized spacial score (nSPS) is 10.9. The highest BCUT2D eigenvalue weighted by Gasteiger charge is 2.24. The molecular weight excluding hydrogens is 510 g/mol. The van der Waals surface area contributed by atoms with Gasteiger partial charge in [-0.15, -0.1) is 11.3 Å². The van der Waals surface area contributed by atoms with Crippen LogP contribution in [0.4, 0.5) is 4.39 Å². The van der Waals surface area contributed by atoms with E-state index in [1.54, 1.807) is 47.6 Å². The van der Waals surface area contributed by atoms with Crippen LogP contribution in [0.15, 0.2) is 53.9 Å². The summed E-state index contributed by atoms with van der Waals surface area (Å²) in [5.41, 5.74) is 2.25. The lowest BCUT2D eigenvalue weighted by atomic mass is 10.1. The number of hydrogen-bond donors (Lipinski definition) is 0. The van der Waals surface area contributed by atoms with Gasteiger partial charge in [-0.05, 0) is 66.2 Å². The molecule has 0 bridgehead atoms. The minimum absolute atomic E-state index is 0.117. The van der Waals surface area contributed by atoms with Crippen LogP contribution < -0.4 is 0 Å². The molecule has 0 fully saturated rings. The van der Waals surface area contributed by atoms with E-state index in [1.807, 2.05) is 18.4 Å². The molecule has 186 valence electrons. The van der Waals surface area contributed by atoms with Gasteiger partial charge >= 0.3 is 0 Å².